The van der Waals surface area contributed by atoms with Gasteiger partial charge in [-0.15, -0.1) is 0 Å². The zero-order valence-electron chi connectivity index (χ0n) is 14.7. The normalized spacial score (nSPS) is 16.6. The zero-order valence-corrected chi connectivity index (χ0v) is 14.7. The fraction of sp³-hybridized carbons (Fsp3) is 0.421. The van der Waals surface area contributed by atoms with E-state index < -0.39 is 0 Å². The molecular weight excluding hydrogens is 316 g/mol. The second-order valence-electron chi connectivity index (χ2n) is 6.35. The van der Waals surface area contributed by atoms with Gasteiger partial charge in [0.25, 0.3) is 5.91 Å². The molecule has 1 aromatic heterocycles. The number of nitrogens with one attached hydrogen (secondary N) is 1. The summed E-state index contributed by atoms with van der Waals surface area (Å²) in [7, 11) is 1.96. The third-order valence-electron chi connectivity index (χ3n) is 4.23. The highest BCUT2D eigenvalue weighted by Gasteiger charge is 2.18. The summed E-state index contributed by atoms with van der Waals surface area (Å²) in [5.41, 5.74) is 1.58. The number of carbonyl (C=O) groups is 1. The number of rotatable bonds is 6. The van der Waals surface area contributed by atoms with Crippen LogP contribution < -0.4 is 10.2 Å². The van der Waals surface area contributed by atoms with Gasteiger partial charge in [0.2, 0.25) is 0 Å². The first-order valence-corrected chi connectivity index (χ1v) is 8.62. The van der Waals surface area contributed by atoms with Crippen molar-refractivity contribution >= 4 is 11.7 Å². The number of carbonyl (C=O) groups excluding carboxylic acids is 1. The molecule has 0 spiro atoms. The van der Waals surface area contributed by atoms with Crippen LogP contribution in [-0.4, -0.2) is 42.2 Å². The first-order chi connectivity index (χ1) is 12.1. The number of ether oxygens (including phenoxy) is 1. The van der Waals surface area contributed by atoms with Crippen molar-refractivity contribution in [2.24, 2.45) is 0 Å². The number of aromatic nitrogens is 2. The molecule has 1 aliphatic rings. The van der Waals surface area contributed by atoms with Crippen molar-refractivity contribution in [1.82, 2.24) is 15.3 Å². The van der Waals surface area contributed by atoms with Crippen molar-refractivity contribution in [2.45, 2.75) is 32.4 Å². The number of hydrogen-bond acceptors (Lipinski definition) is 5. The van der Waals surface area contributed by atoms with E-state index in [1.165, 1.54) is 5.56 Å². The largest absolute Gasteiger partial charge is 0.376 e. The summed E-state index contributed by atoms with van der Waals surface area (Å²) in [6.07, 6.45) is 2.17. The Labute approximate surface area is 148 Å². The van der Waals surface area contributed by atoms with E-state index in [1.54, 1.807) is 13.0 Å². The van der Waals surface area contributed by atoms with Crippen LogP contribution in [0, 0.1) is 6.92 Å². The standard InChI is InChI=1S/C19H24N4O2/c1-14-21-17(19(24)20-12-16-9-6-10-25-16)11-18(22-14)23(2)13-15-7-4-3-5-8-15/h3-5,7-8,11,16H,6,9-10,12-13H2,1-2H3,(H,20,24). The predicted octanol–water partition coefficient (Wildman–Crippen LogP) is 2.33. The molecule has 0 aliphatic carbocycles. The molecule has 1 aromatic carbocycles. The van der Waals surface area contributed by atoms with Crippen LogP contribution in [0.4, 0.5) is 5.82 Å². The van der Waals surface area contributed by atoms with Gasteiger partial charge in [0.05, 0.1) is 6.10 Å². The van der Waals surface area contributed by atoms with E-state index in [1.807, 2.05) is 30.1 Å². The Balaban J connectivity index is 1.67. The summed E-state index contributed by atoms with van der Waals surface area (Å²) < 4.78 is 5.54. The van der Waals surface area contributed by atoms with Gasteiger partial charge in [0.15, 0.2) is 0 Å². The Morgan fingerprint density at radius 3 is 2.84 bits per heavy atom. The highest BCUT2D eigenvalue weighted by atomic mass is 16.5. The second kappa shape index (κ2) is 8.07. The molecule has 132 valence electrons. The molecule has 1 N–H and O–H groups in total. The van der Waals surface area contributed by atoms with Crippen molar-refractivity contribution < 1.29 is 9.53 Å². The number of aryl methyl sites for hydroxylation is 1. The van der Waals surface area contributed by atoms with Gasteiger partial charge in [-0.2, -0.15) is 0 Å². The van der Waals surface area contributed by atoms with E-state index in [0.717, 1.165) is 25.3 Å². The molecule has 6 heteroatoms. The minimum atomic E-state index is -0.185. The SMILES string of the molecule is Cc1nc(C(=O)NCC2CCCO2)cc(N(C)Cc2ccccc2)n1. The van der Waals surface area contributed by atoms with Gasteiger partial charge in [-0.1, -0.05) is 30.3 Å². The lowest BCUT2D eigenvalue weighted by Gasteiger charge is -2.19. The molecule has 0 radical (unpaired) electrons. The summed E-state index contributed by atoms with van der Waals surface area (Å²) in [6, 6.07) is 11.9. The first kappa shape index (κ1) is 17.4. The maximum absolute atomic E-state index is 12.4. The quantitative estimate of drug-likeness (QED) is 0.874. The molecule has 1 fully saturated rings. The summed E-state index contributed by atoms with van der Waals surface area (Å²) in [4.78, 5) is 23.2. The molecule has 0 saturated carbocycles. The van der Waals surface area contributed by atoms with Crippen LogP contribution in [0.2, 0.25) is 0 Å². The molecule has 0 bridgehead atoms. The van der Waals surface area contributed by atoms with Crippen LogP contribution in [0.3, 0.4) is 0 Å². The summed E-state index contributed by atoms with van der Waals surface area (Å²) in [5.74, 6) is 1.13. The molecule has 1 saturated heterocycles. The fourth-order valence-electron chi connectivity index (χ4n) is 2.90. The highest BCUT2D eigenvalue weighted by Crippen LogP contribution is 2.15. The first-order valence-electron chi connectivity index (χ1n) is 8.62. The van der Waals surface area contributed by atoms with Crippen LogP contribution in [-0.2, 0) is 11.3 Å². The van der Waals surface area contributed by atoms with Crippen LogP contribution in [0.25, 0.3) is 0 Å². The van der Waals surface area contributed by atoms with Crippen LogP contribution >= 0.6 is 0 Å². The second-order valence-corrected chi connectivity index (χ2v) is 6.35. The average molecular weight is 340 g/mol. The van der Waals surface area contributed by atoms with Crippen LogP contribution in [0.15, 0.2) is 36.4 Å². The molecule has 1 unspecified atom stereocenters. The lowest BCUT2D eigenvalue weighted by molar-refractivity contribution is 0.0853. The van der Waals surface area contributed by atoms with E-state index in [4.69, 9.17) is 4.74 Å². The molecule has 1 atom stereocenters. The molecular formula is C19H24N4O2. The third-order valence-corrected chi connectivity index (χ3v) is 4.23. The van der Waals surface area contributed by atoms with Crippen LogP contribution in [0.5, 0.6) is 0 Å². The van der Waals surface area contributed by atoms with E-state index >= 15 is 0 Å². The lowest BCUT2D eigenvalue weighted by Crippen LogP contribution is -2.32. The summed E-state index contributed by atoms with van der Waals surface area (Å²) in [6.45, 7) is 3.82. The average Bonchev–Trinajstić information content (AvgIpc) is 3.13. The molecule has 6 nitrogen and oxygen atoms in total. The molecule has 1 amide bonds. The summed E-state index contributed by atoms with van der Waals surface area (Å²) in [5, 5.41) is 2.91. The van der Waals surface area contributed by atoms with Gasteiger partial charge in [-0.25, -0.2) is 9.97 Å². The van der Waals surface area contributed by atoms with E-state index in [2.05, 4.69) is 27.4 Å². The van der Waals surface area contributed by atoms with Crippen molar-refractivity contribution in [1.29, 1.82) is 0 Å². The monoisotopic (exact) mass is 340 g/mol. The van der Waals surface area contributed by atoms with Gasteiger partial charge in [0, 0.05) is 32.8 Å². The molecule has 2 aromatic rings. The minimum absolute atomic E-state index is 0.118. The van der Waals surface area contributed by atoms with Crippen molar-refractivity contribution in [3.8, 4) is 0 Å². The zero-order chi connectivity index (χ0) is 17.6. The Morgan fingerprint density at radius 2 is 2.12 bits per heavy atom. The Hall–Kier alpha value is -2.47. The van der Waals surface area contributed by atoms with Gasteiger partial charge in [-0.3, -0.25) is 4.79 Å². The van der Waals surface area contributed by atoms with E-state index in [9.17, 15) is 4.79 Å². The Bertz CT molecular complexity index is 715. The fourth-order valence-corrected chi connectivity index (χ4v) is 2.90. The Kier molecular flexibility index (Phi) is 5.60. The van der Waals surface area contributed by atoms with Crippen LogP contribution in [0.1, 0.15) is 34.7 Å². The number of benzene rings is 1. The smallest absolute Gasteiger partial charge is 0.270 e. The maximum Gasteiger partial charge on any atom is 0.270 e. The summed E-state index contributed by atoms with van der Waals surface area (Å²) >= 11 is 0. The van der Waals surface area contributed by atoms with E-state index in [0.29, 0.717) is 24.6 Å². The van der Waals surface area contributed by atoms with E-state index in [-0.39, 0.29) is 12.0 Å². The lowest BCUT2D eigenvalue weighted by atomic mass is 10.2. The van der Waals surface area contributed by atoms with Gasteiger partial charge < -0.3 is 15.0 Å². The van der Waals surface area contributed by atoms with Gasteiger partial charge in [0.1, 0.15) is 17.3 Å². The number of anilines is 1. The van der Waals surface area contributed by atoms with Crippen molar-refractivity contribution in [3.63, 3.8) is 0 Å². The number of nitrogens with zero attached hydrogens (tertiary/aromatic N) is 3. The maximum atomic E-state index is 12.4. The molecule has 25 heavy (non-hydrogen) atoms. The number of hydrogen-bond donors (Lipinski definition) is 1. The minimum Gasteiger partial charge on any atom is -0.376 e. The third kappa shape index (κ3) is 4.76. The van der Waals surface area contributed by atoms with Gasteiger partial charge in [-0.05, 0) is 25.3 Å². The predicted molar refractivity (Wildman–Crippen MR) is 96.6 cm³/mol. The highest BCUT2D eigenvalue weighted by molar-refractivity contribution is 5.93. The van der Waals surface area contributed by atoms with Gasteiger partial charge >= 0.3 is 0 Å². The molecule has 1 aliphatic heterocycles. The van der Waals surface area contributed by atoms with Crippen molar-refractivity contribution in [2.75, 3.05) is 25.1 Å². The molecule has 3 rings (SSSR count). The molecule has 2 heterocycles. The Morgan fingerprint density at radius 1 is 1.32 bits per heavy atom. The number of amides is 1. The topological polar surface area (TPSA) is 67.3 Å². The van der Waals surface area contributed by atoms with Crippen molar-refractivity contribution in [3.05, 3.63) is 53.5 Å².